The molecule has 1 unspecified atom stereocenters. The highest BCUT2D eigenvalue weighted by molar-refractivity contribution is 7.91. The van der Waals surface area contributed by atoms with Crippen molar-refractivity contribution in [2.75, 3.05) is 14.1 Å². The minimum Gasteiger partial charge on any atom is -0.508 e. The van der Waals surface area contributed by atoms with Gasteiger partial charge in [0.1, 0.15) is 11.1 Å². The molecule has 0 heterocycles. The number of sulfone groups is 1. The third-order valence-corrected chi connectivity index (χ3v) is 4.77. The molecule has 0 aliphatic heterocycles. The molecule has 90 valence electrons. The summed E-state index contributed by atoms with van der Waals surface area (Å²) in [7, 11) is 0.162. The summed E-state index contributed by atoms with van der Waals surface area (Å²) in [6.07, 6.45) is 0. The third-order valence-electron chi connectivity index (χ3n) is 2.60. The molecule has 0 bridgehead atoms. The number of hydrogen-bond donors (Lipinski definition) is 1. The van der Waals surface area contributed by atoms with E-state index in [1.54, 1.807) is 44.1 Å². The first-order valence-corrected chi connectivity index (χ1v) is 6.71. The van der Waals surface area contributed by atoms with Crippen LogP contribution in [-0.2, 0) is 15.6 Å². The van der Waals surface area contributed by atoms with E-state index in [0.29, 0.717) is 5.56 Å². The molecule has 1 aromatic carbocycles. The van der Waals surface area contributed by atoms with Gasteiger partial charge in [-0.2, -0.15) is 0 Å². The molecule has 0 fully saturated rings. The van der Waals surface area contributed by atoms with E-state index in [1.165, 1.54) is 6.07 Å². The van der Waals surface area contributed by atoms with Crippen LogP contribution in [-0.4, -0.2) is 37.9 Å². The maximum atomic E-state index is 11.9. The minimum atomic E-state index is -3.27. The second-order valence-electron chi connectivity index (χ2n) is 4.00. The Kier molecular flexibility index (Phi) is 3.93. The first-order chi connectivity index (χ1) is 7.34. The lowest BCUT2D eigenvalue weighted by Crippen LogP contribution is -2.33. The molecule has 16 heavy (non-hydrogen) atoms. The number of hydrogen-bond acceptors (Lipinski definition) is 4. The van der Waals surface area contributed by atoms with Crippen LogP contribution in [0.25, 0.3) is 0 Å². The second-order valence-corrected chi connectivity index (χ2v) is 6.30. The summed E-state index contributed by atoms with van der Waals surface area (Å²) in [5.74, 6) is -0.115. The van der Waals surface area contributed by atoms with Gasteiger partial charge in [0.2, 0.25) is 0 Å². The van der Waals surface area contributed by atoms with Crippen LogP contribution >= 0.6 is 0 Å². The molecule has 0 aromatic heterocycles. The zero-order chi connectivity index (χ0) is 12.3. The molecule has 1 N–H and O–H groups in total. The Morgan fingerprint density at radius 3 is 2.38 bits per heavy atom. The quantitative estimate of drug-likeness (QED) is 0.863. The first kappa shape index (κ1) is 13.0. The molecule has 1 rings (SSSR count). The van der Waals surface area contributed by atoms with Gasteiger partial charge in [-0.3, -0.25) is 4.90 Å². The number of aromatic hydroxyl groups is 1. The van der Waals surface area contributed by atoms with Crippen molar-refractivity contribution in [2.45, 2.75) is 18.1 Å². The van der Waals surface area contributed by atoms with Crippen LogP contribution in [0.5, 0.6) is 5.75 Å². The molecule has 1 atom stereocenters. The number of benzene rings is 1. The maximum Gasteiger partial charge on any atom is 0.170 e. The molecular formula is C11H17NO3S. The van der Waals surface area contributed by atoms with E-state index in [-0.39, 0.29) is 11.5 Å². The molecule has 1 aromatic rings. The van der Waals surface area contributed by atoms with Crippen LogP contribution in [0.1, 0.15) is 12.5 Å². The zero-order valence-electron chi connectivity index (χ0n) is 9.71. The highest BCUT2D eigenvalue weighted by Crippen LogP contribution is 2.20. The maximum absolute atomic E-state index is 11.9. The average molecular weight is 243 g/mol. The highest BCUT2D eigenvalue weighted by Gasteiger charge is 2.23. The van der Waals surface area contributed by atoms with Crippen LogP contribution in [0.3, 0.4) is 0 Å². The summed E-state index contributed by atoms with van der Waals surface area (Å²) >= 11 is 0. The van der Waals surface area contributed by atoms with Crippen molar-refractivity contribution >= 4 is 9.84 Å². The van der Waals surface area contributed by atoms with Crippen molar-refractivity contribution in [3.05, 3.63) is 29.8 Å². The summed E-state index contributed by atoms with van der Waals surface area (Å²) < 4.78 is 23.9. The fourth-order valence-electron chi connectivity index (χ4n) is 1.29. The van der Waals surface area contributed by atoms with Crippen LogP contribution < -0.4 is 0 Å². The molecular weight excluding hydrogens is 226 g/mol. The summed E-state index contributed by atoms with van der Waals surface area (Å²) in [6.45, 7) is 1.63. The van der Waals surface area contributed by atoms with E-state index < -0.39 is 15.2 Å². The van der Waals surface area contributed by atoms with Gasteiger partial charge in [-0.1, -0.05) is 18.2 Å². The van der Waals surface area contributed by atoms with Gasteiger partial charge in [0.25, 0.3) is 0 Å². The summed E-state index contributed by atoms with van der Waals surface area (Å²) in [4.78, 5) is 1.63. The summed E-state index contributed by atoms with van der Waals surface area (Å²) in [5, 5.41) is 8.95. The molecule has 0 amide bonds. The number of phenols is 1. The van der Waals surface area contributed by atoms with Crippen LogP contribution in [0.15, 0.2) is 24.3 Å². The number of rotatable bonds is 4. The average Bonchev–Trinajstić information content (AvgIpc) is 2.20. The van der Waals surface area contributed by atoms with Crippen molar-refractivity contribution in [3.63, 3.8) is 0 Å². The van der Waals surface area contributed by atoms with Crippen molar-refractivity contribution in [1.29, 1.82) is 0 Å². The Hall–Kier alpha value is -1.07. The first-order valence-electron chi connectivity index (χ1n) is 4.99. The van der Waals surface area contributed by atoms with Crippen molar-refractivity contribution < 1.29 is 13.5 Å². The molecule has 4 nitrogen and oxygen atoms in total. The summed E-state index contributed by atoms with van der Waals surface area (Å²) in [6, 6.07) is 6.49. The number of nitrogens with zero attached hydrogens (tertiary/aromatic N) is 1. The number of para-hydroxylation sites is 1. The highest BCUT2D eigenvalue weighted by atomic mass is 32.2. The van der Waals surface area contributed by atoms with Crippen LogP contribution in [0, 0.1) is 0 Å². The monoisotopic (exact) mass is 243 g/mol. The number of phenolic OH excluding ortho intramolecular Hbond substituents is 1. The van der Waals surface area contributed by atoms with E-state index >= 15 is 0 Å². The molecule has 0 aliphatic carbocycles. The lowest BCUT2D eigenvalue weighted by Gasteiger charge is -2.20. The van der Waals surface area contributed by atoms with E-state index in [9.17, 15) is 13.5 Å². The Labute approximate surface area is 96.4 Å². The van der Waals surface area contributed by atoms with Gasteiger partial charge in [0.05, 0.1) is 5.75 Å². The Morgan fingerprint density at radius 2 is 1.88 bits per heavy atom. The Morgan fingerprint density at radius 1 is 1.31 bits per heavy atom. The molecule has 5 heteroatoms. The predicted octanol–water partition coefficient (Wildman–Crippen LogP) is 1.21. The van der Waals surface area contributed by atoms with Crippen LogP contribution in [0.4, 0.5) is 0 Å². The van der Waals surface area contributed by atoms with Crippen molar-refractivity contribution in [2.24, 2.45) is 0 Å². The van der Waals surface area contributed by atoms with E-state index in [0.717, 1.165) is 0 Å². The van der Waals surface area contributed by atoms with Gasteiger partial charge < -0.3 is 5.11 Å². The van der Waals surface area contributed by atoms with Gasteiger partial charge in [0, 0.05) is 5.56 Å². The van der Waals surface area contributed by atoms with Crippen molar-refractivity contribution in [1.82, 2.24) is 4.90 Å². The topological polar surface area (TPSA) is 57.6 Å². The fourth-order valence-corrected chi connectivity index (χ4v) is 2.85. The molecule has 0 saturated heterocycles. The lowest BCUT2D eigenvalue weighted by atomic mass is 10.2. The predicted molar refractivity (Wildman–Crippen MR) is 63.9 cm³/mol. The third kappa shape index (κ3) is 2.96. The zero-order valence-corrected chi connectivity index (χ0v) is 10.5. The van der Waals surface area contributed by atoms with E-state index in [1.807, 2.05) is 0 Å². The van der Waals surface area contributed by atoms with Gasteiger partial charge in [-0.05, 0) is 27.1 Å². The standard InChI is InChI=1S/C11H17NO3S/c1-9(12(2)3)16(14,15)8-10-6-4-5-7-11(10)13/h4-7,9,13H,8H2,1-3H3. The molecule has 0 aliphatic rings. The van der Waals surface area contributed by atoms with Crippen LogP contribution in [0.2, 0.25) is 0 Å². The van der Waals surface area contributed by atoms with E-state index in [4.69, 9.17) is 0 Å². The van der Waals surface area contributed by atoms with Gasteiger partial charge in [0.15, 0.2) is 9.84 Å². The van der Waals surface area contributed by atoms with Gasteiger partial charge >= 0.3 is 0 Å². The Balaban J connectivity index is 2.94. The van der Waals surface area contributed by atoms with Crippen molar-refractivity contribution in [3.8, 4) is 5.75 Å². The molecule has 0 saturated carbocycles. The minimum absolute atomic E-state index is 0.0250. The smallest absolute Gasteiger partial charge is 0.170 e. The normalized spacial score (nSPS) is 14.0. The molecule has 0 radical (unpaired) electrons. The lowest BCUT2D eigenvalue weighted by molar-refractivity contribution is 0.381. The van der Waals surface area contributed by atoms with Gasteiger partial charge in [-0.15, -0.1) is 0 Å². The largest absolute Gasteiger partial charge is 0.508 e. The molecule has 0 spiro atoms. The Bertz CT molecular complexity index is 454. The second kappa shape index (κ2) is 4.84. The SMILES string of the molecule is CC(N(C)C)S(=O)(=O)Cc1ccccc1O. The fraction of sp³-hybridized carbons (Fsp3) is 0.455. The van der Waals surface area contributed by atoms with Gasteiger partial charge in [-0.25, -0.2) is 8.42 Å². The van der Waals surface area contributed by atoms with E-state index in [2.05, 4.69) is 0 Å². The summed E-state index contributed by atoms with van der Waals surface area (Å²) in [5.41, 5.74) is 0.441.